The number of nitrogens with one attached hydrogen (secondary N) is 2. The van der Waals surface area contributed by atoms with Gasteiger partial charge in [0.05, 0.1) is 17.4 Å². The Labute approximate surface area is 164 Å². The Morgan fingerprint density at radius 2 is 1.57 bits per heavy atom. The van der Waals surface area contributed by atoms with Gasteiger partial charge in [-0.1, -0.05) is 38.1 Å². The maximum absolute atomic E-state index is 12.6. The maximum Gasteiger partial charge on any atom is 0.257 e. The molecule has 0 fully saturated rings. The molecule has 28 heavy (non-hydrogen) atoms. The first kappa shape index (κ1) is 19.3. The molecule has 5 heteroatoms. The van der Waals surface area contributed by atoms with Crippen LogP contribution in [0.15, 0.2) is 67.0 Å². The van der Waals surface area contributed by atoms with Gasteiger partial charge in [0.1, 0.15) is 0 Å². The van der Waals surface area contributed by atoms with E-state index in [0.29, 0.717) is 22.7 Å². The zero-order chi connectivity index (χ0) is 20.1. The SMILES string of the molecule is CC(=O)c1cccc(NC(=O)c2cncc(Nc3ccc(C(C)C)cc3)c2)c1. The van der Waals surface area contributed by atoms with Gasteiger partial charge in [0.15, 0.2) is 5.78 Å². The second-order valence-electron chi connectivity index (χ2n) is 6.96. The highest BCUT2D eigenvalue weighted by molar-refractivity contribution is 6.05. The molecule has 0 aliphatic rings. The summed E-state index contributed by atoms with van der Waals surface area (Å²) in [4.78, 5) is 28.2. The van der Waals surface area contributed by atoms with Gasteiger partial charge in [0.2, 0.25) is 0 Å². The number of rotatable bonds is 6. The van der Waals surface area contributed by atoms with Crippen molar-refractivity contribution in [3.8, 4) is 0 Å². The van der Waals surface area contributed by atoms with Crippen LogP contribution in [0.5, 0.6) is 0 Å². The first-order chi connectivity index (χ1) is 13.4. The van der Waals surface area contributed by atoms with Gasteiger partial charge >= 0.3 is 0 Å². The summed E-state index contributed by atoms with van der Waals surface area (Å²) in [7, 11) is 0. The minimum atomic E-state index is -0.285. The number of benzene rings is 2. The number of aromatic nitrogens is 1. The number of ketones is 1. The lowest BCUT2D eigenvalue weighted by molar-refractivity contribution is 0.101. The van der Waals surface area contributed by atoms with E-state index in [4.69, 9.17) is 0 Å². The lowest BCUT2D eigenvalue weighted by Gasteiger charge is -2.10. The Morgan fingerprint density at radius 1 is 0.857 bits per heavy atom. The molecule has 0 radical (unpaired) electrons. The lowest BCUT2D eigenvalue weighted by atomic mass is 10.0. The van der Waals surface area contributed by atoms with Crippen LogP contribution in [-0.4, -0.2) is 16.7 Å². The van der Waals surface area contributed by atoms with Crippen LogP contribution >= 0.6 is 0 Å². The lowest BCUT2D eigenvalue weighted by Crippen LogP contribution is -2.13. The normalized spacial score (nSPS) is 10.6. The van der Waals surface area contributed by atoms with Gasteiger partial charge in [0, 0.05) is 23.1 Å². The number of amides is 1. The van der Waals surface area contributed by atoms with Crippen molar-refractivity contribution in [2.45, 2.75) is 26.7 Å². The summed E-state index contributed by atoms with van der Waals surface area (Å²) < 4.78 is 0. The number of pyridine rings is 1. The van der Waals surface area contributed by atoms with E-state index >= 15 is 0 Å². The van der Waals surface area contributed by atoms with Gasteiger partial charge in [-0.2, -0.15) is 0 Å². The molecular weight excluding hydrogens is 350 g/mol. The van der Waals surface area contributed by atoms with Crippen molar-refractivity contribution in [2.75, 3.05) is 10.6 Å². The molecule has 2 aromatic carbocycles. The van der Waals surface area contributed by atoms with Gasteiger partial charge < -0.3 is 10.6 Å². The third kappa shape index (κ3) is 4.82. The zero-order valence-corrected chi connectivity index (χ0v) is 16.2. The van der Waals surface area contributed by atoms with Crippen molar-refractivity contribution < 1.29 is 9.59 Å². The van der Waals surface area contributed by atoms with Gasteiger partial charge in [-0.3, -0.25) is 14.6 Å². The van der Waals surface area contributed by atoms with Crippen LogP contribution in [0, 0.1) is 0 Å². The quantitative estimate of drug-likeness (QED) is 0.567. The number of hydrogen-bond acceptors (Lipinski definition) is 4. The number of anilines is 3. The first-order valence-corrected chi connectivity index (χ1v) is 9.17. The standard InChI is InChI=1S/C23H23N3O2/c1-15(2)17-7-9-20(10-8-17)25-22-12-19(13-24-14-22)23(28)26-21-6-4-5-18(11-21)16(3)27/h4-15,25H,1-3H3,(H,26,28). The highest BCUT2D eigenvalue weighted by Gasteiger charge is 2.09. The maximum atomic E-state index is 12.6. The molecule has 0 spiro atoms. The molecule has 142 valence electrons. The molecule has 3 aromatic rings. The van der Waals surface area contributed by atoms with Crippen molar-refractivity contribution in [3.63, 3.8) is 0 Å². The van der Waals surface area contributed by atoms with Crippen molar-refractivity contribution in [1.29, 1.82) is 0 Å². The number of carbonyl (C=O) groups is 2. The predicted molar refractivity (Wildman–Crippen MR) is 112 cm³/mol. The van der Waals surface area contributed by atoms with Crippen LogP contribution < -0.4 is 10.6 Å². The number of nitrogens with zero attached hydrogens (tertiary/aromatic N) is 1. The fourth-order valence-corrected chi connectivity index (χ4v) is 2.77. The molecule has 1 aromatic heterocycles. The van der Waals surface area contributed by atoms with E-state index in [1.807, 2.05) is 12.1 Å². The molecule has 3 rings (SSSR count). The Hall–Kier alpha value is -3.47. The largest absolute Gasteiger partial charge is 0.354 e. The smallest absolute Gasteiger partial charge is 0.257 e. The van der Waals surface area contributed by atoms with Crippen LogP contribution in [0.3, 0.4) is 0 Å². The summed E-state index contributed by atoms with van der Waals surface area (Å²) in [6, 6.07) is 16.8. The van der Waals surface area contributed by atoms with Gasteiger partial charge in [-0.05, 0) is 48.7 Å². The molecule has 0 atom stereocenters. The summed E-state index contributed by atoms with van der Waals surface area (Å²) in [6.07, 6.45) is 3.18. The highest BCUT2D eigenvalue weighted by atomic mass is 16.1. The van der Waals surface area contributed by atoms with E-state index < -0.39 is 0 Å². The Bertz CT molecular complexity index is 995. The average molecular weight is 373 g/mol. The van der Waals surface area contributed by atoms with E-state index in [1.54, 1.807) is 36.5 Å². The molecule has 1 heterocycles. The highest BCUT2D eigenvalue weighted by Crippen LogP contribution is 2.21. The Morgan fingerprint density at radius 3 is 2.25 bits per heavy atom. The van der Waals surface area contributed by atoms with Crippen molar-refractivity contribution >= 4 is 28.8 Å². The van der Waals surface area contributed by atoms with E-state index in [2.05, 4.69) is 41.6 Å². The monoisotopic (exact) mass is 373 g/mol. The van der Waals surface area contributed by atoms with Crippen LogP contribution in [0.1, 0.15) is 53.0 Å². The third-order valence-corrected chi connectivity index (χ3v) is 4.39. The number of hydrogen-bond donors (Lipinski definition) is 2. The van der Waals surface area contributed by atoms with Crippen molar-refractivity contribution in [1.82, 2.24) is 4.98 Å². The Balaban J connectivity index is 1.72. The summed E-state index contributed by atoms with van der Waals surface area (Å²) in [5.41, 5.74) is 4.47. The van der Waals surface area contributed by atoms with Crippen molar-refractivity contribution in [3.05, 3.63) is 83.7 Å². The zero-order valence-electron chi connectivity index (χ0n) is 16.2. The van der Waals surface area contributed by atoms with Crippen LogP contribution in [0.4, 0.5) is 17.1 Å². The Kier molecular flexibility index (Phi) is 5.84. The first-order valence-electron chi connectivity index (χ1n) is 9.17. The van der Waals surface area contributed by atoms with Crippen LogP contribution in [0.25, 0.3) is 0 Å². The molecule has 0 saturated heterocycles. The molecule has 0 aliphatic heterocycles. The van der Waals surface area contributed by atoms with Gasteiger partial charge in [0.25, 0.3) is 5.91 Å². The van der Waals surface area contributed by atoms with Crippen molar-refractivity contribution in [2.24, 2.45) is 0 Å². The molecule has 0 aliphatic carbocycles. The molecule has 1 amide bonds. The third-order valence-electron chi connectivity index (χ3n) is 4.39. The molecule has 2 N–H and O–H groups in total. The van der Waals surface area contributed by atoms with Gasteiger partial charge in [-0.15, -0.1) is 0 Å². The van der Waals surface area contributed by atoms with E-state index in [-0.39, 0.29) is 11.7 Å². The summed E-state index contributed by atoms with van der Waals surface area (Å²) in [5.74, 6) is 0.142. The van der Waals surface area contributed by atoms with Gasteiger partial charge in [-0.25, -0.2) is 0 Å². The minimum Gasteiger partial charge on any atom is -0.354 e. The molecular formula is C23H23N3O2. The van der Waals surface area contributed by atoms with E-state index in [0.717, 1.165) is 11.4 Å². The predicted octanol–water partition coefficient (Wildman–Crippen LogP) is 5.40. The summed E-state index contributed by atoms with van der Waals surface area (Å²) in [6.45, 7) is 5.80. The topological polar surface area (TPSA) is 71.1 Å². The second-order valence-corrected chi connectivity index (χ2v) is 6.96. The molecule has 0 bridgehead atoms. The average Bonchev–Trinajstić information content (AvgIpc) is 2.69. The number of carbonyl (C=O) groups excluding carboxylic acids is 2. The van der Waals surface area contributed by atoms with Crippen LogP contribution in [0.2, 0.25) is 0 Å². The van der Waals surface area contributed by atoms with E-state index in [9.17, 15) is 9.59 Å². The molecule has 0 unspecified atom stereocenters. The van der Waals surface area contributed by atoms with Crippen LogP contribution in [-0.2, 0) is 0 Å². The molecule has 5 nitrogen and oxygen atoms in total. The summed E-state index contributed by atoms with van der Waals surface area (Å²) >= 11 is 0. The fraction of sp³-hybridized carbons (Fsp3) is 0.174. The van der Waals surface area contributed by atoms with E-state index in [1.165, 1.54) is 18.7 Å². The molecule has 0 saturated carbocycles. The minimum absolute atomic E-state index is 0.0487. The number of Topliss-reactive ketones (excluding diaryl/α,β-unsaturated/α-hetero) is 1. The fourth-order valence-electron chi connectivity index (χ4n) is 2.77. The summed E-state index contributed by atoms with van der Waals surface area (Å²) in [5, 5.41) is 6.07. The second kappa shape index (κ2) is 8.48.